The van der Waals surface area contributed by atoms with Gasteiger partial charge in [-0.1, -0.05) is 64.9 Å². The van der Waals surface area contributed by atoms with Crippen LogP contribution in [0, 0.1) is 0 Å². The number of nitrogens with two attached hydrogens (primary N) is 1. The third-order valence-electron chi connectivity index (χ3n) is 8.95. The Morgan fingerprint density at radius 3 is 2.73 bits per heavy atom. The van der Waals surface area contributed by atoms with Crippen molar-refractivity contribution in [3.63, 3.8) is 0 Å². The summed E-state index contributed by atoms with van der Waals surface area (Å²) in [5.41, 5.74) is 17.7. The van der Waals surface area contributed by atoms with Gasteiger partial charge in [0, 0.05) is 32.1 Å². The molecule has 0 spiro atoms. The molecule has 4 aromatic rings. The number of urea groups is 1. The van der Waals surface area contributed by atoms with Crippen molar-refractivity contribution in [1.82, 2.24) is 35.5 Å². The van der Waals surface area contributed by atoms with E-state index in [0.29, 0.717) is 28.1 Å². The van der Waals surface area contributed by atoms with Crippen LogP contribution in [0.4, 0.5) is 15.6 Å². The Hall–Kier alpha value is -4.14. The van der Waals surface area contributed by atoms with E-state index in [1.807, 2.05) is 44.2 Å². The van der Waals surface area contributed by atoms with Gasteiger partial charge in [-0.3, -0.25) is 14.6 Å². The van der Waals surface area contributed by atoms with Gasteiger partial charge in [0.1, 0.15) is 12.2 Å². The third kappa shape index (κ3) is 6.12. The van der Waals surface area contributed by atoms with Crippen LogP contribution in [0.25, 0.3) is 10.2 Å². The number of nitrogen functional groups attached to an aromatic ring is 1. The number of thiazole rings is 1. The molecule has 3 aromatic carbocycles. The van der Waals surface area contributed by atoms with Crippen molar-refractivity contribution in [3.05, 3.63) is 86.9 Å². The minimum Gasteiger partial charge on any atom is -0.375 e. The van der Waals surface area contributed by atoms with E-state index in [0.717, 1.165) is 38.2 Å². The first-order valence-corrected chi connectivity index (χ1v) is 17.3. The van der Waals surface area contributed by atoms with Crippen molar-refractivity contribution < 1.29 is 14.4 Å². The zero-order valence-corrected chi connectivity index (χ0v) is 28.7. The molecule has 3 aliphatic heterocycles. The quantitative estimate of drug-likeness (QED) is 0.209. The summed E-state index contributed by atoms with van der Waals surface area (Å²) in [4.78, 5) is 50.1. The van der Waals surface area contributed by atoms with Crippen LogP contribution in [0.1, 0.15) is 36.1 Å². The molecule has 0 bridgehead atoms. The van der Waals surface area contributed by atoms with Crippen molar-refractivity contribution >= 4 is 73.4 Å². The second-order valence-corrected chi connectivity index (χ2v) is 14.3. The number of hydrogen-bond donors (Lipinski definition) is 4. The number of benzene rings is 3. The molecule has 15 heteroatoms. The molecule has 48 heavy (non-hydrogen) atoms. The molecule has 250 valence electrons. The summed E-state index contributed by atoms with van der Waals surface area (Å²) in [6.45, 7) is 5.12. The van der Waals surface area contributed by atoms with Gasteiger partial charge in [-0.05, 0) is 60.4 Å². The normalized spacial score (nSPS) is 19.2. The van der Waals surface area contributed by atoms with Crippen molar-refractivity contribution in [3.8, 4) is 0 Å². The highest BCUT2D eigenvalue weighted by Gasteiger charge is 2.52. The van der Waals surface area contributed by atoms with Crippen LogP contribution < -0.4 is 21.9 Å². The molecular formula is C33H35Cl2N9O3S. The first kappa shape index (κ1) is 32.4. The molecule has 0 aliphatic carbocycles. The Morgan fingerprint density at radius 2 is 1.94 bits per heavy atom. The van der Waals surface area contributed by atoms with Crippen molar-refractivity contribution in [2.75, 3.05) is 24.2 Å². The lowest BCUT2D eigenvalue weighted by Crippen LogP contribution is -2.66. The predicted molar refractivity (Wildman–Crippen MR) is 187 cm³/mol. The van der Waals surface area contributed by atoms with E-state index in [1.165, 1.54) is 11.3 Å². The minimum atomic E-state index is -0.769. The number of carbonyl (C=O) groups excluding carboxylic acids is 3. The SMILES string of the molecule is CC(C)N(C(=O)NCc1ccc(Cl)c(Cl)c1)N1CC(=O)N2[C@@H](Cc3ccc4c(c3)CNN4)C(=O)N(Cc3cccc4sc(N)nc34)C[C@@H]21. The van der Waals surface area contributed by atoms with E-state index in [2.05, 4.69) is 27.2 Å². The largest absolute Gasteiger partial charge is 0.375 e. The van der Waals surface area contributed by atoms with Gasteiger partial charge < -0.3 is 26.3 Å². The molecule has 0 saturated carbocycles. The maximum absolute atomic E-state index is 14.4. The van der Waals surface area contributed by atoms with Crippen LogP contribution in [-0.4, -0.2) is 74.0 Å². The number of nitrogens with one attached hydrogen (secondary N) is 3. The van der Waals surface area contributed by atoms with E-state index in [-0.39, 0.29) is 50.1 Å². The van der Waals surface area contributed by atoms with Crippen LogP contribution in [0.2, 0.25) is 10.0 Å². The summed E-state index contributed by atoms with van der Waals surface area (Å²) >= 11 is 13.7. The average Bonchev–Trinajstić information content (AvgIpc) is 3.76. The number of hydrazine groups is 2. The lowest BCUT2D eigenvalue weighted by Gasteiger charge is -2.47. The molecule has 0 radical (unpaired) electrons. The second-order valence-electron chi connectivity index (χ2n) is 12.4. The molecule has 0 unspecified atom stereocenters. The number of piperazine rings is 1. The van der Waals surface area contributed by atoms with Gasteiger partial charge in [-0.15, -0.1) is 0 Å². The van der Waals surface area contributed by atoms with Crippen LogP contribution in [0.3, 0.4) is 0 Å². The Balaban J connectivity index is 1.20. The van der Waals surface area contributed by atoms with Crippen LogP contribution in [0.15, 0.2) is 54.6 Å². The number of hydrogen-bond acceptors (Lipinski definition) is 9. The topological polar surface area (TPSA) is 139 Å². The fourth-order valence-corrected chi connectivity index (χ4v) is 7.88. The number of nitrogens with zero attached hydrogens (tertiary/aromatic N) is 5. The summed E-state index contributed by atoms with van der Waals surface area (Å²) in [5.74, 6) is -0.363. The monoisotopic (exact) mass is 707 g/mol. The maximum atomic E-state index is 14.4. The second kappa shape index (κ2) is 13.1. The number of halogens is 2. The summed E-state index contributed by atoms with van der Waals surface area (Å²) in [5, 5.41) is 7.64. The van der Waals surface area contributed by atoms with Crippen molar-refractivity contribution in [2.24, 2.45) is 0 Å². The fourth-order valence-electron chi connectivity index (χ4n) is 6.78. The van der Waals surface area contributed by atoms with Gasteiger partial charge >= 0.3 is 6.03 Å². The molecule has 7 rings (SSSR count). The number of anilines is 2. The summed E-state index contributed by atoms with van der Waals surface area (Å²) in [7, 11) is 0. The lowest BCUT2D eigenvalue weighted by molar-refractivity contribution is -0.158. The summed E-state index contributed by atoms with van der Waals surface area (Å²) < 4.78 is 0.940. The number of fused-ring (bicyclic) bond motifs is 3. The van der Waals surface area contributed by atoms with E-state index in [4.69, 9.17) is 28.9 Å². The number of rotatable bonds is 8. The fraction of sp³-hybridized carbons (Fsp3) is 0.333. The number of aromatic nitrogens is 1. The van der Waals surface area contributed by atoms with Gasteiger partial charge in [0.2, 0.25) is 11.8 Å². The molecule has 2 fully saturated rings. The highest BCUT2D eigenvalue weighted by Crippen LogP contribution is 2.33. The predicted octanol–water partition coefficient (Wildman–Crippen LogP) is 4.57. The van der Waals surface area contributed by atoms with Crippen LogP contribution >= 0.6 is 34.5 Å². The van der Waals surface area contributed by atoms with E-state index in [1.54, 1.807) is 38.0 Å². The van der Waals surface area contributed by atoms with E-state index >= 15 is 0 Å². The first-order valence-electron chi connectivity index (χ1n) is 15.7. The molecule has 2 saturated heterocycles. The number of para-hydroxylation sites is 1. The standard InChI is InChI=1S/C33H35Cl2N9O3S/c1-18(2)44(33(47)37-13-20-6-8-23(34)24(35)11-20)42-17-29(45)43-26(12-19-7-9-25-22(10-19)14-38-40-25)31(46)41(16-28(42)43)15-21-4-3-5-27-30(21)39-32(36)48-27/h3-11,18,26,28,38,40H,12-17H2,1-2H3,(H2,36,39)(H,37,47)/t26-,28+/m0/s1. The van der Waals surface area contributed by atoms with Crippen molar-refractivity contribution in [1.29, 1.82) is 0 Å². The minimum absolute atomic E-state index is 0.0448. The third-order valence-corrected chi connectivity index (χ3v) is 10.5. The molecule has 1 aromatic heterocycles. The number of carbonyl (C=O) groups is 3. The highest BCUT2D eigenvalue weighted by molar-refractivity contribution is 7.22. The molecule has 4 amide bonds. The van der Waals surface area contributed by atoms with Crippen LogP contribution in [-0.2, 0) is 35.6 Å². The van der Waals surface area contributed by atoms with Gasteiger partial charge in [0.15, 0.2) is 5.13 Å². The van der Waals surface area contributed by atoms with E-state index in [9.17, 15) is 14.4 Å². The van der Waals surface area contributed by atoms with Gasteiger partial charge in [-0.2, -0.15) is 5.01 Å². The summed E-state index contributed by atoms with van der Waals surface area (Å²) in [6, 6.07) is 15.6. The Kier molecular flexibility index (Phi) is 8.81. The number of amides is 4. The molecule has 5 N–H and O–H groups in total. The average molecular weight is 709 g/mol. The highest BCUT2D eigenvalue weighted by atomic mass is 35.5. The van der Waals surface area contributed by atoms with Crippen molar-refractivity contribution in [2.45, 2.75) is 58.2 Å². The zero-order chi connectivity index (χ0) is 33.7. The zero-order valence-electron chi connectivity index (χ0n) is 26.4. The van der Waals surface area contributed by atoms with E-state index < -0.39 is 12.2 Å². The summed E-state index contributed by atoms with van der Waals surface area (Å²) in [6.07, 6.45) is -0.242. The lowest BCUT2D eigenvalue weighted by atomic mass is 9.98. The Labute approximate surface area is 291 Å². The van der Waals surface area contributed by atoms with Gasteiger partial charge in [0.05, 0.1) is 39.0 Å². The first-order chi connectivity index (χ1) is 23.1. The smallest absolute Gasteiger partial charge is 0.332 e. The Bertz CT molecular complexity index is 1920. The van der Waals surface area contributed by atoms with Gasteiger partial charge in [-0.25, -0.2) is 15.2 Å². The van der Waals surface area contributed by atoms with Crippen LogP contribution in [0.5, 0.6) is 0 Å². The van der Waals surface area contributed by atoms with Gasteiger partial charge in [0.25, 0.3) is 0 Å². The molecule has 12 nitrogen and oxygen atoms in total. The maximum Gasteiger partial charge on any atom is 0.332 e. The molecule has 2 atom stereocenters. The molecular weight excluding hydrogens is 673 g/mol. The molecule has 3 aliphatic rings. The Morgan fingerprint density at radius 1 is 1.12 bits per heavy atom. The molecule has 4 heterocycles.